The Hall–Kier alpha value is -0.890. The van der Waals surface area contributed by atoms with E-state index in [9.17, 15) is 4.79 Å². The van der Waals surface area contributed by atoms with Gasteiger partial charge >= 0.3 is 6.09 Å². The van der Waals surface area contributed by atoms with Gasteiger partial charge in [-0.25, -0.2) is 4.79 Å². The molecule has 1 atom stereocenters. The fourth-order valence-corrected chi connectivity index (χ4v) is 4.60. The Morgan fingerprint density at radius 3 is 1.55 bits per heavy atom. The minimum Gasteiger partial charge on any atom is -0.447 e. The van der Waals surface area contributed by atoms with E-state index in [4.69, 9.17) is 23.7 Å². The second-order valence-electron chi connectivity index (χ2n) is 11.1. The minimum absolute atomic E-state index is 0.160. The molecule has 0 saturated carbocycles. The number of unbranched alkanes of at least 4 members (excludes halogenated alkanes) is 18. The van der Waals surface area contributed by atoms with Crippen LogP contribution in [0.1, 0.15) is 142 Å². The van der Waals surface area contributed by atoms with Gasteiger partial charge in [0, 0.05) is 26.9 Å². The van der Waals surface area contributed by atoms with E-state index < -0.39 is 6.09 Å². The van der Waals surface area contributed by atoms with E-state index in [-0.39, 0.29) is 12.7 Å². The Kier molecular flexibility index (Phi) is 33.5. The zero-order valence-corrected chi connectivity index (χ0v) is 26.8. The van der Waals surface area contributed by atoms with Gasteiger partial charge in [0.25, 0.3) is 0 Å². The van der Waals surface area contributed by atoms with E-state index >= 15 is 0 Å². The summed E-state index contributed by atoms with van der Waals surface area (Å²) in [4.78, 5) is 12.1. The molecule has 7 nitrogen and oxygen atoms in total. The summed E-state index contributed by atoms with van der Waals surface area (Å²) < 4.78 is 27.5. The molecule has 0 fully saturated rings. The number of carbonyl (C=O) groups excluding carboxylic acids is 1. The van der Waals surface area contributed by atoms with Crippen molar-refractivity contribution < 1.29 is 28.5 Å². The van der Waals surface area contributed by atoms with Crippen LogP contribution in [0.3, 0.4) is 0 Å². The van der Waals surface area contributed by atoms with Crippen LogP contribution in [0.5, 0.6) is 0 Å². The third-order valence-corrected chi connectivity index (χ3v) is 7.16. The number of ether oxygens (including phenoxy) is 5. The molecule has 0 aromatic rings. The summed E-state index contributed by atoms with van der Waals surface area (Å²) >= 11 is 0. The summed E-state index contributed by atoms with van der Waals surface area (Å²) in [5.74, 6) is 0. The van der Waals surface area contributed by atoms with E-state index in [1.165, 1.54) is 116 Å². The van der Waals surface area contributed by atoms with Crippen LogP contribution in [0.15, 0.2) is 0 Å². The molecule has 0 aromatic heterocycles. The molecule has 0 heterocycles. The highest BCUT2D eigenvalue weighted by molar-refractivity contribution is 5.67. The number of hydrogen-bond acceptors (Lipinski definition) is 6. The Bertz CT molecular complexity index is 494. The smallest absolute Gasteiger partial charge is 0.407 e. The van der Waals surface area contributed by atoms with E-state index in [1.54, 1.807) is 7.11 Å². The molecule has 0 rings (SSSR count). The molecule has 40 heavy (non-hydrogen) atoms. The largest absolute Gasteiger partial charge is 0.447 e. The van der Waals surface area contributed by atoms with Gasteiger partial charge in [0.2, 0.25) is 0 Å². The quantitative estimate of drug-likeness (QED) is 0.0792. The van der Waals surface area contributed by atoms with Crippen LogP contribution in [0.2, 0.25) is 0 Å². The van der Waals surface area contributed by atoms with E-state index in [2.05, 4.69) is 19.2 Å². The molecule has 1 amide bonds. The Morgan fingerprint density at radius 1 is 0.550 bits per heavy atom. The van der Waals surface area contributed by atoms with Crippen LogP contribution in [0, 0.1) is 0 Å². The molecule has 240 valence electrons. The lowest BCUT2D eigenvalue weighted by molar-refractivity contribution is -0.0180. The van der Waals surface area contributed by atoms with Crippen molar-refractivity contribution in [3.63, 3.8) is 0 Å². The summed E-state index contributed by atoms with van der Waals surface area (Å²) in [7, 11) is 1.63. The number of carbonyl (C=O) groups is 1. The summed E-state index contributed by atoms with van der Waals surface area (Å²) in [6.45, 7) is 8.47. The summed E-state index contributed by atoms with van der Waals surface area (Å²) in [6, 6.07) is 0. The van der Waals surface area contributed by atoms with Gasteiger partial charge in [-0.2, -0.15) is 0 Å². The summed E-state index contributed by atoms with van der Waals surface area (Å²) in [5, 5.41) is 2.82. The molecule has 0 radical (unpaired) electrons. The first-order valence-electron chi connectivity index (χ1n) is 16.9. The number of methoxy groups -OCH3 is 1. The van der Waals surface area contributed by atoms with Crippen molar-refractivity contribution in [2.75, 3.05) is 59.9 Å². The SMILES string of the molecule is CCCCCCCCCCCCOCC(CNC(=O)OCCOCCOC)OCCCCCCCCCCCC. The van der Waals surface area contributed by atoms with Crippen LogP contribution in [-0.4, -0.2) is 72.1 Å². The van der Waals surface area contributed by atoms with Gasteiger partial charge < -0.3 is 29.0 Å². The second-order valence-corrected chi connectivity index (χ2v) is 11.1. The first-order valence-corrected chi connectivity index (χ1v) is 16.9. The van der Waals surface area contributed by atoms with Gasteiger partial charge in [-0.15, -0.1) is 0 Å². The predicted molar refractivity (Wildman–Crippen MR) is 166 cm³/mol. The average molecular weight is 574 g/mol. The topological polar surface area (TPSA) is 75.3 Å². The third-order valence-electron chi connectivity index (χ3n) is 7.16. The van der Waals surface area contributed by atoms with E-state index in [1.807, 2.05) is 0 Å². The third kappa shape index (κ3) is 31.6. The monoisotopic (exact) mass is 573 g/mol. The fourth-order valence-electron chi connectivity index (χ4n) is 4.60. The molecular weight excluding hydrogens is 506 g/mol. The fraction of sp³-hybridized carbons (Fsp3) is 0.970. The van der Waals surface area contributed by atoms with Gasteiger partial charge in [-0.1, -0.05) is 129 Å². The standard InChI is InChI=1S/C33H67NO6/c1-4-6-8-10-12-14-16-18-20-22-24-38-31-32(30-34-33(35)40-29-28-37-27-26-36-3)39-25-23-21-19-17-15-13-11-9-7-5-2/h32H,4-31H2,1-3H3,(H,34,35). The van der Waals surface area contributed by atoms with E-state index in [0.29, 0.717) is 39.6 Å². The highest BCUT2D eigenvalue weighted by Crippen LogP contribution is 2.12. The Balaban J connectivity index is 4.01. The molecule has 1 unspecified atom stereocenters. The number of alkyl carbamates (subject to hydrolysis) is 1. The van der Waals surface area contributed by atoms with Crippen LogP contribution < -0.4 is 5.32 Å². The molecule has 0 aliphatic rings. The predicted octanol–water partition coefficient (Wildman–Crippen LogP) is 8.62. The van der Waals surface area contributed by atoms with Crippen LogP contribution >= 0.6 is 0 Å². The Morgan fingerprint density at radius 2 is 1.02 bits per heavy atom. The van der Waals surface area contributed by atoms with Crippen LogP contribution in [-0.2, 0) is 23.7 Å². The maximum absolute atomic E-state index is 12.1. The number of rotatable bonds is 33. The molecule has 0 aromatic carbocycles. The molecule has 0 bridgehead atoms. The normalized spacial score (nSPS) is 12.1. The van der Waals surface area contributed by atoms with Crippen LogP contribution in [0.4, 0.5) is 4.79 Å². The maximum Gasteiger partial charge on any atom is 0.407 e. The summed E-state index contributed by atoms with van der Waals surface area (Å²) in [5.41, 5.74) is 0. The van der Waals surface area contributed by atoms with Crippen molar-refractivity contribution in [2.45, 2.75) is 148 Å². The van der Waals surface area contributed by atoms with Gasteiger partial charge in [-0.05, 0) is 12.8 Å². The van der Waals surface area contributed by atoms with Gasteiger partial charge in [-0.3, -0.25) is 0 Å². The van der Waals surface area contributed by atoms with Crippen LogP contribution in [0.25, 0.3) is 0 Å². The molecule has 1 N–H and O–H groups in total. The zero-order chi connectivity index (χ0) is 29.2. The minimum atomic E-state index is -0.447. The number of hydrogen-bond donors (Lipinski definition) is 1. The van der Waals surface area contributed by atoms with Gasteiger partial charge in [0.1, 0.15) is 6.61 Å². The lowest BCUT2D eigenvalue weighted by Gasteiger charge is -2.19. The Labute approximate surface area is 248 Å². The lowest BCUT2D eigenvalue weighted by Crippen LogP contribution is -2.37. The lowest BCUT2D eigenvalue weighted by atomic mass is 10.1. The average Bonchev–Trinajstić information content (AvgIpc) is 2.96. The van der Waals surface area contributed by atoms with Crippen molar-refractivity contribution in [1.82, 2.24) is 5.32 Å². The maximum atomic E-state index is 12.1. The van der Waals surface area contributed by atoms with Gasteiger partial charge in [0.05, 0.1) is 32.5 Å². The van der Waals surface area contributed by atoms with Crippen molar-refractivity contribution >= 4 is 6.09 Å². The molecule has 0 aliphatic heterocycles. The second kappa shape index (κ2) is 34.3. The molecule has 0 spiro atoms. The first-order chi connectivity index (χ1) is 19.7. The molecule has 0 aliphatic carbocycles. The van der Waals surface area contributed by atoms with Crippen molar-refractivity contribution in [3.8, 4) is 0 Å². The van der Waals surface area contributed by atoms with Crippen molar-refractivity contribution in [3.05, 3.63) is 0 Å². The van der Waals surface area contributed by atoms with Crippen molar-refractivity contribution in [1.29, 1.82) is 0 Å². The zero-order valence-electron chi connectivity index (χ0n) is 26.8. The number of amides is 1. The number of nitrogens with one attached hydrogen (secondary N) is 1. The highest BCUT2D eigenvalue weighted by Gasteiger charge is 2.12. The molecule has 0 saturated heterocycles. The van der Waals surface area contributed by atoms with E-state index in [0.717, 1.165) is 19.4 Å². The highest BCUT2D eigenvalue weighted by atomic mass is 16.6. The molecule has 7 heteroatoms. The van der Waals surface area contributed by atoms with Crippen molar-refractivity contribution in [2.24, 2.45) is 0 Å². The first kappa shape index (κ1) is 39.1. The molecular formula is C33H67NO6. The van der Waals surface area contributed by atoms with Gasteiger partial charge in [0.15, 0.2) is 0 Å². The summed E-state index contributed by atoms with van der Waals surface area (Å²) in [6.07, 6.45) is 25.5.